The van der Waals surface area contributed by atoms with Crippen LogP contribution in [0.4, 0.5) is 5.82 Å². The van der Waals surface area contributed by atoms with Gasteiger partial charge in [-0.3, -0.25) is 4.79 Å². The molecule has 1 amide bonds. The van der Waals surface area contributed by atoms with Crippen molar-refractivity contribution in [3.8, 4) is 22.8 Å². The Balaban J connectivity index is 1.28. The van der Waals surface area contributed by atoms with E-state index in [0.29, 0.717) is 48.0 Å². The van der Waals surface area contributed by atoms with E-state index < -0.39 is 0 Å². The number of nitrogens with two attached hydrogens (primary N) is 1. The fraction of sp³-hybridized carbons (Fsp3) is 0.300. The Labute approximate surface area is 231 Å². The normalized spacial score (nSPS) is 19.5. The van der Waals surface area contributed by atoms with Gasteiger partial charge in [-0.05, 0) is 68.2 Å². The van der Waals surface area contributed by atoms with E-state index in [9.17, 15) is 4.79 Å². The van der Waals surface area contributed by atoms with E-state index in [2.05, 4.69) is 14.8 Å². The number of aromatic nitrogens is 4. The molecule has 0 bridgehead atoms. The van der Waals surface area contributed by atoms with Crippen LogP contribution in [0.3, 0.4) is 0 Å². The molecule has 40 heavy (non-hydrogen) atoms. The summed E-state index contributed by atoms with van der Waals surface area (Å²) in [6, 6.07) is 17.1. The lowest BCUT2D eigenvalue weighted by molar-refractivity contribution is -0.128. The highest BCUT2D eigenvalue weighted by atomic mass is 16.5. The second-order valence-electron chi connectivity index (χ2n) is 9.95. The molecular weight excluding hydrogens is 506 g/mol. The third-order valence-corrected chi connectivity index (χ3v) is 7.30. The third-order valence-electron chi connectivity index (χ3n) is 7.30. The number of amides is 1. The first-order chi connectivity index (χ1) is 19.6. The van der Waals surface area contributed by atoms with Crippen molar-refractivity contribution in [3.05, 3.63) is 84.1 Å². The molecule has 2 N–H and O–H groups in total. The van der Waals surface area contributed by atoms with Crippen LogP contribution in [-0.2, 0) is 9.53 Å². The van der Waals surface area contributed by atoms with Gasteiger partial charge >= 0.3 is 0 Å². The largest absolute Gasteiger partial charge is 0.457 e. The molecule has 2 aromatic carbocycles. The van der Waals surface area contributed by atoms with Gasteiger partial charge < -0.3 is 20.1 Å². The number of anilines is 1. The average Bonchev–Trinajstić information content (AvgIpc) is 3.65. The second-order valence-corrected chi connectivity index (χ2v) is 9.95. The number of rotatable bonds is 6. The van der Waals surface area contributed by atoms with Crippen LogP contribution in [0, 0.1) is 6.57 Å². The summed E-state index contributed by atoms with van der Waals surface area (Å²) < 4.78 is 13.4. The fourth-order valence-electron chi connectivity index (χ4n) is 5.32. The molecule has 4 heterocycles. The Morgan fingerprint density at radius 2 is 1.88 bits per heavy atom. The summed E-state index contributed by atoms with van der Waals surface area (Å²) >= 11 is 0. The van der Waals surface area contributed by atoms with E-state index >= 15 is 0 Å². The van der Waals surface area contributed by atoms with Gasteiger partial charge in [0.2, 0.25) is 5.70 Å². The first kappa shape index (κ1) is 25.5. The van der Waals surface area contributed by atoms with Crippen LogP contribution in [-0.4, -0.2) is 56.4 Å². The molecule has 2 aromatic heterocycles. The number of benzene rings is 2. The summed E-state index contributed by atoms with van der Waals surface area (Å²) in [7, 11) is 0. The minimum absolute atomic E-state index is 0.114. The Hall–Kier alpha value is -4.75. The van der Waals surface area contributed by atoms with Gasteiger partial charge in [0.15, 0.2) is 5.65 Å². The van der Waals surface area contributed by atoms with Gasteiger partial charge in [-0.15, -0.1) is 0 Å². The minimum Gasteiger partial charge on any atom is -0.457 e. The molecule has 10 nitrogen and oxygen atoms in total. The number of carbonyl (C=O) groups excluding carboxylic acids is 1. The highest BCUT2D eigenvalue weighted by Crippen LogP contribution is 2.35. The van der Waals surface area contributed by atoms with Crippen LogP contribution >= 0.6 is 0 Å². The summed E-state index contributed by atoms with van der Waals surface area (Å²) in [6.07, 6.45) is 6.30. The number of nitrogens with zero attached hydrogens (tertiary/aromatic N) is 6. The SMILES string of the molecule is [C-]#[N+]/C(=C/C1CCCO1)C(=O)N1CCC[C@@H](n2nc(-c3ccc(Oc4ccccc4)cc3)c3c(N)ncnc32)C1. The molecule has 2 saturated heterocycles. The summed E-state index contributed by atoms with van der Waals surface area (Å²) in [4.78, 5) is 27.3. The van der Waals surface area contributed by atoms with Crippen molar-refractivity contribution in [2.75, 3.05) is 25.4 Å². The molecular formula is C30H29N7O3. The highest BCUT2D eigenvalue weighted by Gasteiger charge is 2.30. The first-order valence-corrected chi connectivity index (χ1v) is 13.4. The maximum Gasteiger partial charge on any atom is 0.252 e. The number of likely N-dealkylation sites (tertiary alicyclic amines) is 1. The third kappa shape index (κ3) is 5.11. The van der Waals surface area contributed by atoms with Gasteiger partial charge in [0.1, 0.15) is 29.3 Å². The maximum atomic E-state index is 13.3. The number of ether oxygens (including phenoxy) is 2. The van der Waals surface area contributed by atoms with Crippen LogP contribution in [0.25, 0.3) is 27.1 Å². The fourth-order valence-corrected chi connectivity index (χ4v) is 5.32. The summed E-state index contributed by atoms with van der Waals surface area (Å²) in [5, 5.41) is 5.63. The average molecular weight is 536 g/mol. The van der Waals surface area contributed by atoms with Crippen LogP contribution in [0.2, 0.25) is 0 Å². The van der Waals surface area contributed by atoms with Crippen LogP contribution in [0.15, 0.2) is 72.7 Å². The number of fused-ring (bicyclic) bond motifs is 1. The molecule has 0 radical (unpaired) electrons. The molecule has 2 aliphatic rings. The second kappa shape index (κ2) is 11.2. The summed E-state index contributed by atoms with van der Waals surface area (Å²) in [6.45, 7) is 9.25. The number of para-hydroxylation sites is 1. The van der Waals surface area contributed by atoms with E-state index in [4.69, 9.17) is 26.9 Å². The predicted molar refractivity (Wildman–Crippen MR) is 150 cm³/mol. The van der Waals surface area contributed by atoms with Crippen LogP contribution in [0.1, 0.15) is 31.7 Å². The van der Waals surface area contributed by atoms with Gasteiger partial charge in [-0.2, -0.15) is 5.10 Å². The van der Waals surface area contributed by atoms with Gasteiger partial charge in [-0.1, -0.05) is 18.2 Å². The highest BCUT2D eigenvalue weighted by molar-refractivity contribution is 5.98. The number of hydrogen-bond donors (Lipinski definition) is 1. The van der Waals surface area contributed by atoms with Gasteiger partial charge in [0.05, 0.1) is 24.1 Å². The molecule has 0 spiro atoms. The zero-order valence-electron chi connectivity index (χ0n) is 21.9. The van der Waals surface area contributed by atoms with Crippen molar-refractivity contribution in [2.45, 2.75) is 37.8 Å². The molecule has 2 atom stereocenters. The van der Waals surface area contributed by atoms with Crippen molar-refractivity contribution in [2.24, 2.45) is 0 Å². The Morgan fingerprint density at radius 1 is 1.07 bits per heavy atom. The molecule has 2 aliphatic heterocycles. The molecule has 10 heteroatoms. The van der Waals surface area contributed by atoms with Crippen molar-refractivity contribution in [3.63, 3.8) is 0 Å². The molecule has 4 aromatic rings. The van der Waals surface area contributed by atoms with E-state index in [1.54, 1.807) is 11.0 Å². The maximum absolute atomic E-state index is 13.3. The number of nitrogen functional groups attached to an aromatic ring is 1. The molecule has 0 aliphatic carbocycles. The molecule has 2 fully saturated rings. The summed E-state index contributed by atoms with van der Waals surface area (Å²) in [5.74, 6) is 1.53. The first-order valence-electron chi connectivity index (χ1n) is 13.4. The van der Waals surface area contributed by atoms with Crippen molar-refractivity contribution in [1.82, 2.24) is 24.6 Å². The summed E-state index contributed by atoms with van der Waals surface area (Å²) in [5.41, 5.74) is 8.59. The van der Waals surface area contributed by atoms with Crippen molar-refractivity contribution < 1.29 is 14.3 Å². The van der Waals surface area contributed by atoms with E-state index in [0.717, 1.165) is 37.0 Å². The smallest absolute Gasteiger partial charge is 0.252 e. The van der Waals surface area contributed by atoms with Gasteiger partial charge in [0.25, 0.3) is 5.91 Å². The zero-order chi connectivity index (χ0) is 27.5. The molecule has 1 unspecified atom stereocenters. The van der Waals surface area contributed by atoms with Gasteiger partial charge in [-0.25, -0.2) is 19.5 Å². The number of carbonyl (C=O) groups is 1. The van der Waals surface area contributed by atoms with Crippen LogP contribution in [0.5, 0.6) is 11.5 Å². The van der Waals surface area contributed by atoms with E-state index in [-0.39, 0.29) is 23.8 Å². The lowest BCUT2D eigenvalue weighted by atomic mass is 10.0. The number of hydrogen-bond acceptors (Lipinski definition) is 7. The van der Waals surface area contributed by atoms with Crippen LogP contribution < -0.4 is 10.5 Å². The number of piperidine rings is 1. The monoisotopic (exact) mass is 535 g/mol. The molecule has 6 rings (SSSR count). The topological polar surface area (TPSA) is 113 Å². The Bertz CT molecular complexity index is 1590. The predicted octanol–water partition coefficient (Wildman–Crippen LogP) is 5.01. The van der Waals surface area contributed by atoms with Crippen molar-refractivity contribution in [1.29, 1.82) is 0 Å². The van der Waals surface area contributed by atoms with Gasteiger partial charge in [0, 0.05) is 25.3 Å². The Morgan fingerprint density at radius 3 is 2.62 bits per heavy atom. The molecule has 202 valence electrons. The zero-order valence-corrected chi connectivity index (χ0v) is 21.9. The van der Waals surface area contributed by atoms with E-state index in [1.807, 2.05) is 59.3 Å². The lowest BCUT2D eigenvalue weighted by Crippen LogP contribution is -2.41. The van der Waals surface area contributed by atoms with E-state index in [1.165, 1.54) is 6.33 Å². The van der Waals surface area contributed by atoms with Crippen molar-refractivity contribution >= 4 is 22.8 Å². The minimum atomic E-state index is -0.268. The quantitative estimate of drug-likeness (QED) is 0.273. The molecule has 0 saturated carbocycles. The lowest BCUT2D eigenvalue weighted by Gasteiger charge is -2.33. The standard InChI is InChI=1S/C30H29N7O3/c1-32-25(17-24-10-6-16-39-24)30(38)36-15-5-7-21(18-36)37-29-26(28(31)33-19-34-29)27(35-37)20-11-13-23(14-12-20)40-22-8-3-2-4-9-22/h2-4,8-9,11-14,17,19,21,24H,5-7,10,15-16,18H2,(H2,31,33,34)/b25-17+/t21-,24?/m1/s1. The Kier molecular flexibility index (Phi) is 7.12.